The van der Waals surface area contributed by atoms with E-state index in [4.69, 9.17) is 5.73 Å². The topological polar surface area (TPSA) is 46.2 Å². The first kappa shape index (κ1) is 12.9. The maximum atomic E-state index is 12.0. The number of rotatable bonds is 0. The second kappa shape index (κ2) is 5.87. The molecule has 0 aromatic heterocycles. The van der Waals surface area contributed by atoms with Gasteiger partial charge in [0.25, 0.3) is 0 Å². The van der Waals surface area contributed by atoms with Gasteiger partial charge < -0.3 is 10.8 Å². The first-order chi connectivity index (χ1) is 9.16. The van der Waals surface area contributed by atoms with Gasteiger partial charge in [0.2, 0.25) is 0 Å². The second-order valence-electron chi connectivity index (χ2n) is 4.05. The normalized spacial score (nSPS) is 9.74. The summed E-state index contributed by atoms with van der Waals surface area (Å²) in [5.74, 6) is 0.0994. The fraction of sp³-hybridized carbons (Fsp3) is 0. The van der Waals surface area contributed by atoms with Crippen LogP contribution < -0.4 is 5.73 Å². The van der Waals surface area contributed by atoms with Crippen molar-refractivity contribution in [3.63, 3.8) is 0 Å². The van der Waals surface area contributed by atoms with E-state index >= 15 is 0 Å². The van der Waals surface area contributed by atoms with Crippen molar-refractivity contribution in [3.8, 4) is 5.75 Å². The predicted molar refractivity (Wildman–Crippen MR) is 76.4 cm³/mol. The summed E-state index contributed by atoms with van der Waals surface area (Å²) in [4.78, 5) is 0. The molecule has 0 aliphatic carbocycles. The van der Waals surface area contributed by atoms with Gasteiger partial charge in [-0.05, 0) is 35.7 Å². The molecule has 0 radical (unpaired) electrons. The Balaban J connectivity index is 0.000000148. The fourth-order valence-electron chi connectivity index (χ4n) is 1.67. The molecule has 0 aliphatic heterocycles. The number of nitrogen functional groups attached to an aromatic ring is 1. The van der Waals surface area contributed by atoms with Gasteiger partial charge in [-0.1, -0.05) is 36.4 Å². The zero-order chi connectivity index (χ0) is 13.7. The summed E-state index contributed by atoms with van der Waals surface area (Å²) in [6.45, 7) is 0. The lowest BCUT2D eigenvalue weighted by Crippen LogP contribution is -1.82. The number of halogens is 1. The third-order valence-electron chi connectivity index (χ3n) is 2.64. The van der Waals surface area contributed by atoms with Gasteiger partial charge in [-0.25, -0.2) is 4.39 Å². The number of aromatic hydroxyl groups is 1. The molecule has 19 heavy (non-hydrogen) atoms. The lowest BCUT2D eigenvalue weighted by Gasteiger charge is -1.97. The van der Waals surface area contributed by atoms with Gasteiger partial charge >= 0.3 is 0 Å². The van der Waals surface area contributed by atoms with Gasteiger partial charge in [-0.15, -0.1) is 0 Å². The lowest BCUT2D eigenvalue weighted by atomic mass is 10.1. The van der Waals surface area contributed by atoms with Crippen LogP contribution in [0.2, 0.25) is 0 Å². The third kappa shape index (κ3) is 3.45. The van der Waals surface area contributed by atoms with E-state index in [1.807, 2.05) is 36.4 Å². The first-order valence-electron chi connectivity index (χ1n) is 5.84. The SMILES string of the molecule is Nc1ccc(F)cc1.Oc1cccc2ccccc12. The molecule has 96 valence electrons. The Kier molecular flexibility index (Phi) is 3.98. The number of hydrogen-bond acceptors (Lipinski definition) is 2. The minimum atomic E-state index is -0.251. The highest BCUT2D eigenvalue weighted by atomic mass is 19.1. The standard InChI is InChI=1S/C10H8O.C6H6FN/c11-10-7-3-5-8-4-1-2-6-9(8)10;7-5-1-3-6(8)4-2-5/h1-7,11H;1-4H,8H2. The molecule has 0 spiro atoms. The quantitative estimate of drug-likeness (QED) is 0.597. The molecule has 0 bridgehead atoms. The molecule has 0 heterocycles. The predicted octanol–water partition coefficient (Wildman–Crippen LogP) is 3.95. The van der Waals surface area contributed by atoms with Crippen molar-refractivity contribution in [3.05, 3.63) is 72.5 Å². The van der Waals surface area contributed by atoms with Gasteiger partial charge in [0.05, 0.1) is 0 Å². The molecule has 3 rings (SSSR count). The van der Waals surface area contributed by atoms with Crippen LogP contribution in [0, 0.1) is 5.82 Å². The lowest BCUT2D eigenvalue weighted by molar-refractivity contribution is 0.481. The third-order valence-corrected chi connectivity index (χ3v) is 2.64. The van der Waals surface area contributed by atoms with Crippen molar-refractivity contribution < 1.29 is 9.50 Å². The second-order valence-corrected chi connectivity index (χ2v) is 4.05. The maximum absolute atomic E-state index is 12.0. The number of fused-ring (bicyclic) bond motifs is 1. The summed E-state index contributed by atoms with van der Waals surface area (Å²) in [5.41, 5.74) is 5.85. The Morgan fingerprint density at radius 1 is 0.789 bits per heavy atom. The molecule has 0 unspecified atom stereocenters. The molecule has 2 nitrogen and oxygen atoms in total. The van der Waals surface area contributed by atoms with Gasteiger partial charge in [0, 0.05) is 11.1 Å². The van der Waals surface area contributed by atoms with Crippen LogP contribution >= 0.6 is 0 Å². The molecule has 0 fully saturated rings. The highest BCUT2D eigenvalue weighted by Gasteiger charge is 1.94. The summed E-state index contributed by atoms with van der Waals surface area (Å²) >= 11 is 0. The molecule has 0 aliphatic rings. The zero-order valence-electron chi connectivity index (χ0n) is 10.3. The van der Waals surface area contributed by atoms with Crippen molar-refractivity contribution in [1.29, 1.82) is 0 Å². The van der Waals surface area contributed by atoms with Gasteiger partial charge in [0.1, 0.15) is 11.6 Å². The van der Waals surface area contributed by atoms with Crippen molar-refractivity contribution in [1.82, 2.24) is 0 Å². The highest BCUT2D eigenvalue weighted by Crippen LogP contribution is 2.22. The molecule has 3 N–H and O–H groups in total. The number of nitrogens with two attached hydrogens (primary N) is 1. The minimum absolute atomic E-state index is 0.251. The van der Waals surface area contributed by atoms with Crippen LogP contribution in [-0.4, -0.2) is 5.11 Å². The Morgan fingerprint density at radius 2 is 1.42 bits per heavy atom. The molecule has 0 amide bonds. The maximum Gasteiger partial charge on any atom is 0.123 e. The van der Waals surface area contributed by atoms with E-state index in [0.717, 1.165) is 10.8 Å². The number of phenolic OH excluding ortho intramolecular Hbond substituents is 1. The van der Waals surface area contributed by atoms with Crippen molar-refractivity contribution in [2.24, 2.45) is 0 Å². The summed E-state index contributed by atoms with van der Waals surface area (Å²) in [7, 11) is 0. The molecule has 0 saturated carbocycles. The molecule has 0 atom stereocenters. The van der Waals surface area contributed by atoms with E-state index in [1.165, 1.54) is 24.3 Å². The van der Waals surface area contributed by atoms with Gasteiger partial charge in [-0.2, -0.15) is 0 Å². The molecule has 0 saturated heterocycles. The average Bonchev–Trinajstić information content (AvgIpc) is 2.44. The van der Waals surface area contributed by atoms with E-state index in [-0.39, 0.29) is 5.82 Å². The summed E-state index contributed by atoms with van der Waals surface area (Å²) in [6.07, 6.45) is 0. The number of hydrogen-bond donors (Lipinski definition) is 2. The van der Waals surface area contributed by atoms with Crippen LogP contribution in [0.1, 0.15) is 0 Å². The van der Waals surface area contributed by atoms with E-state index in [2.05, 4.69) is 0 Å². The Labute approximate surface area is 110 Å². The van der Waals surface area contributed by atoms with Crippen molar-refractivity contribution in [2.45, 2.75) is 0 Å². The van der Waals surface area contributed by atoms with Crippen LogP contribution in [0.15, 0.2) is 66.7 Å². The Bertz CT molecular complexity index is 639. The van der Waals surface area contributed by atoms with E-state index in [0.29, 0.717) is 11.4 Å². The van der Waals surface area contributed by atoms with Crippen LogP contribution in [0.5, 0.6) is 5.75 Å². The van der Waals surface area contributed by atoms with E-state index in [1.54, 1.807) is 6.07 Å². The molecule has 3 aromatic carbocycles. The molecular formula is C16H14FNO. The summed E-state index contributed by atoms with van der Waals surface area (Å²) < 4.78 is 12.0. The zero-order valence-corrected chi connectivity index (χ0v) is 10.3. The smallest absolute Gasteiger partial charge is 0.123 e. The Hall–Kier alpha value is -2.55. The van der Waals surface area contributed by atoms with Crippen LogP contribution in [0.4, 0.5) is 10.1 Å². The average molecular weight is 255 g/mol. The largest absolute Gasteiger partial charge is 0.507 e. The van der Waals surface area contributed by atoms with Crippen LogP contribution in [0.3, 0.4) is 0 Å². The first-order valence-corrected chi connectivity index (χ1v) is 5.84. The van der Waals surface area contributed by atoms with Crippen LogP contribution in [-0.2, 0) is 0 Å². The minimum Gasteiger partial charge on any atom is -0.507 e. The number of anilines is 1. The van der Waals surface area contributed by atoms with E-state index < -0.39 is 0 Å². The van der Waals surface area contributed by atoms with Crippen molar-refractivity contribution in [2.75, 3.05) is 5.73 Å². The number of phenols is 1. The highest BCUT2D eigenvalue weighted by molar-refractivity contribution is 5.87. The molecule has 3 heteroatoms. The van der Waals surface area contributed by atoms with E-state index in [9.17, 15) is 9.50 Å². The number of benzene rings is 3. The van der Waals surface area contributed by atoms with Crippen molar-refractivity contribution >= 4 is 16.5 Å². The van der Waals surface area contributed by atoms with Gasteiger partial charge in [0.15, 0.2) is 0 Å². The monoisotopic (exact) mass is 255 g/mol. The fourth-order valence-corrected chi connectivity index (χ4v) is 1.67. The Morgan fingerprint density at radius 3 is 2.05 bits per heavy atom. The van der Waals surface area contributed by atoms with Gasteiger partial charge in [-0.3, -0.25) is 0 Å². The summed E-state index contributed by atoms with van der Waals surface area (Å²) in [6, 6.07) is 19.0. The summed E-state index contributed by atoms with van der Waals surface area (Å²) in [5, 5.41) is 11.4. The molecular weight excluding hydrogens is 241 g/mol. The molecule has 3 aromatic rings. The van der Waals surface area contributed by atoms with Crippen LogP contribution in [0.25, 0.3) is 10.8 Å².